The van der Waals surface area contributed by atoms with E-state index in [1.807, 2.05) is 0 Å². The SMILES string of the molecule is CCN(CCC(C)c1ccccc1)Cc1ccccc1. The van der Waals surface area contributed by atoms with E-state index in [0.29, 0.717) is 5.92 Å². The summed E-state index contributed by atoms with van der Waals surface area (Å²) in [7, 11) is 0. The maximum Gasteiger partial charge on any atom is 0.0233 e. The van der Waals surface area contributed by atoms with E-state index in [2.05, 4.69) is 79.4 Å². The summed E-state index contributed by atoms with van der Waals surface area (Å²) in [6.07, 6.45) is 1.21. The average molecular weight is 267 g/mol. The van der Waals surface area contributed by atoms with Crippen LogP contribution in [0.3, 0.4) is 0 Å². The van der Waals surface area contributed by atoms with Crippen LogP contribution < -0.4 is 0 Å². The Balaban J connectivity index is 1.85. The van der Waals surface area contributed by atoms with E-state index in [1.54, 1.807) is 0 Å². The highest BCUT2D eigenvalue weighted by Gasteiger charge is 2.08. The molecule has 0 aliphatic heterocycles. The average Bonchev–Trinajstić information content (AvgIpc) is 2.53. The topological polar surface area (TPSA) is 3.24 Å². The van der Waals surface area contributed by atoms with Gasteiger partial charge >= 0.3 is 0 Å². The third-order valence-electron chi connectivity index (χ3n) is 3.94. The van der Waals surface area contributed by atoms with Gasteiger partial charge in [-0.15, -0.1) is 0 Å². The van der Waals surface area contributed by atoms with Gasteiger partial charge < -0.3 is 0 Å². The Morgan fingerprint density at radius 2 is 1.50 bits per heavy atom. The summed E-state index contributed by atoms with van der Waals surface area (Å²) in [5, 5.41) is 0. The summed E-state index contributed by atoms with van der Waals surface area (Å²) in [5.74, 6) is 0.626. The molecule has 0 saturated carbocycles. The fraction of sp³-hybridized carbons (Fsp3) is 0.368. The first-order valence-electron chi connectivity index (χ1n) is 7.60. The van der Waals surface area contributed by atoms with Crippen LogP contribution in [0.2, 0.25) is 0 Å². The molecule has 1 heteroatoms. The van der Waals surface area contributed by atoms with Crippen LogP contribution in [-0.2, 0) is 6.54 Å². The Kier molecular flexibility index (Phi) is 5.82. The zero-order chi connectivity index (χ0) is 14.2. The van der Waals surface area contributed by atoms with Crippen LogP contribution in [0.1, 0.15) is 37.3 Å². The lowest BCUT2D eigenvalue weighted by Crippen LogP contribution is -2.25. The first-order chi connectivity index (χ1) is 9.79. The maximum atomic E-state index is 2.52. The molecule has 0 aromatic heterocycles. The summed E-state index contributed by atoms with van der Waals surface area (Å²) in [4.78, 5) is 2.52. The molecule has 1 nitrogen and oxygen atoms in total. The minimum absolute atomic E-state index is 0.626. The van der Waals surface area contributed by atoms with Crippen LogP contribution in [-0.4, -0.2) is 18.0 Å². The summed E-state index contributed by atoms with van der Waals surface area (Å²) < 4.78 is 0. The Morgan fingerprint density at radius 3 is 2.10 bits per heavy atom. The van der Waals surface area contributed by atoms with Gasteiger partial charge in [0.25, 0.3) is 0 Å². The summed E-state index contributed by atoms with van der Waals surface area (Å²) >= 11 is 0. The van der Waals surface area contributed by atoms with Crippen molar-refractivity contribution < 1.29 is 0 Å². The van der Waals surface area contributed by atoms with Gasteiger partial charge in [-0.05, 0) is 36.6 Å². The van der Waals surface area contributed by atoms with E-state index in [1.165, 1.54) is 17.5 Å². The lowest BCUT2D eigenvalue weighted by atomic mass is 9.97. The van der Waals surface area contributed by atoms with E-state index >= 15 is 0 Å². The molecule has 2 aromatic carbocycles. The van der Waals surface area contributed by atoms with Crippen molar-refractivity contribution >= 4 is 0 Å². The second-order valence-electron chi connectivity index (χ2n) is 5.45. The third-order valence-corrected chi connectivity index (χ3v) is 3.94. The minimum atomic E-state index is 0.626. The molecule has 1 atom stereocenters. The first-order valence-corrected chi connectivity index (χ1v) is 7.60. The summed E-state index contributed by atoms with van der Waals surface area (Å²) in [5.41, 5.74) is 2.85. The Morgan fingerprint density at radius 1 is 0.900 bits per heavy atom. The van der Waals surface area contributed by atoms with Crippen molar-refractivity contribution in [3.63, 3.8) is 0 Å². The molecular formula is C19H25N. The van der Waals surface area contributed by atoms with Crippen molar-refractivity contribution in [3.8, 4) is 0 Å². The monoisotopic (exact) mass is 267 g/mol. The molecule has 2 rings (SSSR count). The van der Waals surface area contributed by atoms with Gasteiger partial charge in [0.2, 0.25) is 0 Å². The van der Waals surface area contributed by atoms with E-state index in [9.17, 15) is 0 Å². The highest BCUT2D eigenvalue weighted by molar-refractivity contribution is 5.18. The van der Waals surface area contributed by atoms with Crippen molar-refractivity contribution in [2.24, 2.45) is 0 Å². The van der Waals surface area contributed by atoms with Gasteiger partial charge in [-0.1, -0.05) is 74.5 Å². The zero-order valence-corrected chi connectivity index (χ0v) is 12.6. The Bertz CT molecular complexity index is 478. The highest BCUT2D eigenvalue weighted by atomic mass is 15.1. The van der Waals surface area contributed by atoms with Crippen LogP contribution in [0.4, 0.5) is 0 Å². The van der Waals surface area contributed by atoms with Crippen molar-refractivity contribution in [2.75, 3.05) is 13.1 Å². The molecule has 0 fully saturated rings. The van der Waals surface area contributed by atoms with Crippen molar-refractivity contribution in [1.82, 2.24) is 4.90 Å². The van der Waals surface area contributed by atoms with Crippen molar-refractivity contribution in [2.45, 2.75) is 32.7 Å². The van der Waals surface area contributed by atoms with Crippen LogP contribution in [0, 0.1) is 0 Å². The number of hydrogen-bond acceptors (Lipinski definition) is 1. The van der Waals surface area contributed by atoms with Crippen LogP contribution >= 0.6 is 0 Å². The van der Waals surface area contributed by atoms with Gasteiger partial charge in [0.1, 0.15) is 0 Å². The molecule has 106 valence electrons. The van der Waals surface area contributed by atoms with Crippen LogP contribution in [0.15, 0.2) is 60.7 Å². The minimum Gasteiger partial charge on any atom is -0.299 e. The molecule has 0 bridgehead atoms. The van der Waals surface area contributed by atoms with Gasteiger partial charge in [0.15, 0.2) is 0 Å². The molecule has 20 heavy (non-hydrogen) atoms. The molecule has 0 N–H and O–H groups in total. The lowest BCUT2D eigenvalue weighted by Gasteiger charge is -2.22. The molecule has 0 aliphatic rings. The standard InChI is InChI=1S/C19H25N/c1-3-20(16-18-10-6-4-7-11-18)15-14-17(2)19-12-8-5-9-13-19/h4-13,17H,3,14-16H2,1-2H3. The number of hydrogen-bond donors (Lipinski definition) is 0. The fourth-order valence-corrected chi connectivity index (χ4v) is 2.52. The van der Waals surface area contributed by atoms with Crippen LogP contribution in [0.25, 0.3) is 0 Å². The fourth-order valence-electron chi connectivity index (χ4n) is 2.52. The summed E-state index contributed by atoms with van der Waals surface area (Å²) in [6.45, 7) is 7.89. The van der Waals surface area contributed by atoms with Crippen molar-refractivity contribution in [1.29, 1.82) is 0 Å². The largest absolute Gasteiger partial charge is 0.299 e. The van der Waals surface area contributed by atoms with Crippen LogP contribution in [0.5, 0.6) is 0 Å². The third kappa shape index (κ3) is 4.50. The van der Waals surface area contributed by atoms with E-state index in [-0.39, 0.29) is 0 Å². The molecule has 0 amide bonds. The molecule has 1 unspecified atom stereocenters. The Labute approximate surface area is 123 Å². The van der Waals surface area contributed by atoms with Crippen molar-refractivity contribution in [3.05, 3.63) is 71.8 Å². The van der Waals surface area contributed by atoms with E-state index < -0.39 is 0 Å². The number of rotatable bonds is 7. The molecule has 0 saturated heterocycles. The maximum absolute atomic E-state index is 2.52. The number of benzene rings is 2. The molecule has 0 heterocycles. The quantitative estimate of drug-likeness (QED) is 0.702. The van der Waals surface area contributed by atoms with Gasteiger partial charge in [-0.3, -0.25) is 4.90 Å². The van der Waals surface area contributed by atoms with E-state index in [0.717, 1.165) is 19.6 Å². The lowest BCUT2D eigenvalue weighted by molar-refractivity contribution is 0.270. The molecule has 0 aliphatic carbocycles. The Hall–Kier alpha value is -1.60. The molecule has 0 radical (unpaired) electrons. The highest BCUT2D eigenvalue weighted by Crippen LogP contribution is 2.19. The first kappa shape index (κ1) is 14.8. The van der Waals surface area contributed by atoms with Gasteiger partial charge in [-0.2, -0.15) is 0 Å². The van der Waals surface area contributed by atoms with E-state index in [4.69, 9.17) is 0 Å². The molecule has 2 aromatic rings. The second-order valence-corrected chi connectivity index (χ2v) is 5.45. The predicted octanol–water partition coefficient (Wildman–Crippen LogP) is 4.70. The van der Waals surface area contributed by atoms with Gasteiger partial charge in [-0.25, -0.2) is 0 Å². The van der Waals surface area contributed by atoms with Gasteiger partial charge in [0, 0.05) is 6.54 Å². The normalized spacial score (nSPS) is 12.6. The molecular weight excluding hydrogens is 242 g/mol. The number of nitrogens with zero attached hydrogens (tertiary/aromatic N) is 1. The predicted molar refractivity (Wildman–Crippen MR) is 86.9 cm³/mol. The zero-order valence-electron chi connectivity index (χ0n) is 12.6. The molecule has 0 spiro atoms. The van der Waals surface area contributed by atoms with Gasteiger partial charge in [0.05, 0.1) is 0 Å². The smallest absolute Gasteiger partial charge is 0.0233 e. The second kappa shape index (κ2) is 7.86. The summed E-state index contributed by atoms with van der Waals surface area (Å²) in [6, 6.07) is 21.6.